The van der Waals surface area contributed by atoms with Crippen molar-refractivity contribution >= 4 is 27.8 Å². The van der Waals surface area contributed by atoms with E-state index in [9.17, 15) is 9.59 Å². The number of carboxylic acids is 1. The number of hydrogen-bond donors (Lipinski definition) is 2. The van der Waals surface area contributed by atoms with Crippen molar-refractivity contribution in [3.63, 3.8) is 0 Å². The van der Waals surface area contributed by atoms with E-state index >= 15 is 0 Å². The molecule has 5 heteroatoms. The summed E-state index contributed by atoms with van der Waals surface area (Å²) in [5.41, 5.74) is 1.11. The molecule has 0 bridgehead atoms. The average Bonchev–Trinajstić information content (AvgIpc) is 2.29. The minimum atomic E-state index is -1.13. The van der Waals surface area contributed by atoms with Gasteiger partial charge in [0.25, 0.3) is 0 Å². The molecule has 0 saturated carbocycles. The average molecular weight is 298 g/mol. The Hall–Kier alpha value is -1.62. The first-order valence-electron chi connectivity index (χ1n) is 5.01. The highest BCUT2D eigenvalue weighted by Crippen LogP contribution is 2.10. The highest BCUT2D eigenvalue weighted by atomic mass is 79.9. The maximum atomic E-state index is 11.1. The second-order valence-corrected chi connectivity index (χ2v) is 4.25. The SMILES string of the molecule is O=C(O)C=CC(=O)NCCc1ccc(Br)cc1. The van der Waals surface area contributed by atoms with Crippen LogP contribution in [0.3, 0.4) is 0 Å². The van der Waals surface area contributed by atoms with E-state index in [4.69, 9.17) is 5.11 Å². The summed E-state index contributed by atoms with van der Waals surface area (Å²) in [4.78, 5) is 21.3. The van der Waals surface area contributed by atoms with Crippen molar-refractivity contribution in [2.75, 3.05) is 6.54 Å². The van der Waals surface area contributed by atoms with E-state index in [-0.39, 0.29) is 0 Å². The summed E-state index contributed by atoms with van der Waals surface area (Å²) in [5, 5.41) is 10.9. The van der Waals surface area contributed by atoms with E-state index < -0.39 is 11.9 Å². The predicted octanol–water partition coefficient (Wildman–Crippen LogP) is 1.75. The van der Waals surface area contributed by atoms with Crippen LogP contribution in [0.15, 0.2) is 40.9 Å². The molecule has 0 radical (unpaired) electrons. The molecule has 2 N–H and O–H groups in total. The molecule has 1 amide bonds. The first kappa shape index (κ1) is 13.4. The summed E-state index contributed by atoms with van der Waals surface area (Å²) < 4.78 is 1.01. The van der Waals surface area contributed by atoms with Gasteiger partial charge in [0.05, 0.1) is 0 Å². The summed E-state index contributed by atoms with van der Waals surface area (Å²) in [6, 6.07) is 7.79. The monoisotopic (exact) mass is 297 g/mol. The largest absolute Gasteiger partial charge is 0.478 e. The van der Waals surface area contributed by atoms with Gasteiger partial charge in [0.1, 0.15) is 0 Å². The normalized spacial score (nSPS) is 10.4. The molecule has 0 spiro atoms. The molecule has 0 aliphatic heterocycles. The first-order chi connectivity index (χ1) is 8.08. The minimum Gasteiger partial charge on any atom is -0.478 e. The maximum Gasteiger partial charge on any atom is 0.328 e. The Morgan fingerprint density at radius 3 is 2.47 bits per heavy atom. The van der Waals surface area contributed by atoms with E-state index in [0.29, 0.717) is 13.0 Å². The lowest BCUT2D eigenvalue weighted by atomic mass is 10.1. The molecule has 90 valence electrons. The molecular formula is C12H12BrNO3. The number of nitrogens with one attached hydrogen (secondary N) is 1. The molecule has 0 aliphatic carbocycles. The number of rotatable bonds is 5. The van der Waals surface area contributed by atoms with Gasteiger partial charge in [-0.2, -0.15) is 0 Å². The molecule has 1 rings (SSSR count). The lowest BCUT2D eigenvalue weighted by molar-refractivity contribution is -0.131. The number of benzene rings is 1. The molecule has 0 atom stereocenters. The summed E-state index contributed by atoms with van der Waals surface area (Å²) >= 11 is 3.34. The fourth-order valence-corrected chi connectivity index (χ4v) is 1.45. The molecule has 17 heavy (non-hydrogen) atoms. The Kier molecular flexibility index (Phi) is 5.42. The molecule has 0 heterocycles. The van der Waals surface area contributed by atoms with Gasteiger partial charge in [-0.3, -0.25) is 4.79 Å². The number of hydrogen-bond acceptors (Lipinski definition) is 2. The van der Waals surface area contributed by atoms with Crippen molar-refractivity contribution in [2.45, 2.75) is 6.42 Å². The second kappa shape index (κ2) is 6.85. The van der Waals surface area contributed by atoms with Gasteiger partial charge in [-0.05, 0) is 24.1 Å². The van der Waals surface area contributed by atoms with Crippen LogP contribution in [0.25, 0.3) is 0 Å². The minimum absolute atomic E-state index is 0.399. The van der Waals surface area contributed by atoms with E-state index in [0.717, 1.165) is 22.2 Å². The number of carbonyl (C=O) groups is 2. The van der Waals surface area contributed by atoms with Gasteiger partial charge in [0.2, 0.25) is 5.91 Å². The number of carbonyl (C=O) groups excluding carboxylic acids is 1. The van der Waals surface area contributed by atoms with Crippen LogP contribution in [0.2, 0.25) is 0 Å². The molecule has 1 aromatic carbocycles. The maximum absolute atomic E-state index is 11.1. The molecule has 4 nitrogen and oxygen atoms in total. The van der Waals surface area contributed by atoms with Crippen molar-refractivity contribution in [2.24, 2.45) is 0 Å². The molecule has 0 unspecified atom stereocenters. The highest BCUT2D eigenvalue weighted by Gasteiger charge is 1.97. The lowest BCUT2D eigenvalue weighted by Gasteiger charge is -2.02. The summed E-state index contributed by atoms with van der Waals surface area (Å²) in [5.74, 6) is -1.53. The third-order valence-electron chi connectivity index (χ3n) is 2.00. The smallest absolute Gasteiger partial charge is 0.328 e. The molecule has 0 saturated heterocycles. The van der Waals surface area contributed by atoms with Crippen molar-refractivity contribution < 1.29 is 14.7 Å². The standard InChI is InChI=1S/C12H12BrNO3/c13-10-3-1-9(2-4-10)7-8-14-11(15)5-6-12(16)17/h1-6H,7-8H2,(H,14,15)(H,16,17). The van der Waals surface area contributed by atoms with Gasteiger partial charge < -0.3 is 10.4 Å². The van der Waals surface area contributed by atoms with Crippen molar-refractivity contribution in [1.29, 1.82) is 0 Å². The van der Waals surface area contributed by atoms with Gasteiger partial charge in [-0.15, -0.1) is 0 Å². The molecule has 0 fully saturated rings. The second-order valence-electron chi connectivity index (χ2n) is 3.34. The number of carboxylic acid groups (broad SMARTS) is 1. The van der Waals surface area contributed by atoms with Gasteiger partial charge in [0, 0.05) is 23.2 Å². The van der Waals surface area contributed by atoms with E-state index in [2.05, 4.69) is 21.2 Å². The Bertz CT molecular complexity index is 426. The fraction of sp³-hybridized carbons (Fsp3) is 0.167. The van der Waals surface area contributed by atoms with Crippen LogP contribution in [-0.4, -0.2) is 23.5 Å². The quantitative estimate of drug-likeness (QED) is 0.814. The number of aliphatic carboxylic acids is 1. The lowest BCUT2D eigenvalue weighted by Crippen LogP contribution is -2.23. The van der Waals surface area contributed by atoms with E-state index in [1.54, 1.807) is 0 Å². The van der Waals surface area contributed by atoms with Crippen molar-refractivity contribution in [3.05, 3.63) is 46.5 Å². The third-order valence-corrected chi connectivity index (χ3v) is 2.53. The molecule has 1 aromatic rings. The zero-order chi connectivity index (χ0) is 12.7. The van der Waals surface area contributed by atoms with Crippen LogP contribution in [0, 0.1) is 0 Å². The topological polar surface area (TPSA) is 66.4 Å². The Balaban J connectivity index is 2.30. The third kappa shape index (κ3) is 5.87. The first-order valence-corrected chi connectivity index (χ1v) is 5.80. The Labute approximate surface area is 107 Å². The van der Waals surface area contributed by atoms with Crippen molar-refractivity contribution in [1.82, 2.24) is 5.32 Å². The summed E-state index contributed by atoms with van der Waals surface area (Å²) in [7, 11) is 0. The van der Waals surface area contributed by atoms with Crippen molar-refractivity contribution in [3.8, 4) is 0 Å². The van der Waals surface area contributed by atoms with Crippen LogP contribution < -0.4 is 5.32 Å². The zero-order valence-corrected chi connectivity index (χ0v) is 10.6. The van der Waals surface area contributed by atoms with Gasteiger partial charge in [-0.1, -0.05) is 28.1 Å². The highest BCUT2D eigenvalue weighted by molar-refractivity contribution is 9.10. The van der Waals surface area contributed by atoms with Crippen LogP contribution in [-0.2, 0) is 16.0 Å². The molecule has 0 aromatic heterocycles. The predicted molar refractivity (Wildman–Crippen MR) is 67.6 cm³/mol. The van der Waals surface area contributed by atoms with Gasteiger partial charge in [0.15, 0.2) is 0 Å². The van der Waals surface area contributed by atoms with Crippen LogP contribution in [0.5, 0.6) is 0 Å². The zero-order valence-electron chi connectivity index (χ0n) is 9.02. The summed E-state index contributed by atoms with van der Waals surface area (Å²) in [6.07, 6.45) is 2.53. The number of halogens is 1. The Morgan fingerprint density at radius 1 is 1.24 bits per heavy atom. The molecular weight excluding hydrogens is 286 g/mol. The fourth-order valence-electron chi connectivity index (χ4n) is 1.19. The van der Waals surface area contributed by atoms with E-state index in [1.807, 2.05) is 24.3 Å². The Morgan fingerprint density at radius 2 is 1.88 bits per heavy atom. The van der Waals surface area contributed by atoms with Gasteiger partial charge in [-0.25, -0.2) is 4.79 Å². The molecule has 0 aliphatic rings. The van der Waals surface area contributed by atoms with E-state index in [1.165, 1.54) is 0 Å². The van der Waals surface area contributed by atoms with Crippen LogP contribution in [0.4, 0.5) is 0 Å². The summed E-state index contributed by atoms with van der Waals surface area (Å²) in [6.45, 7) is 0.477. The van der Waals surface area contributed by atoms with Crippen LogP contribution in [0.1, 0.15) is 5.56 Å². The number of amides is 1. The van der Waals surface area contributed by atoms with Crippen LogP contribution >= 0.6 is 15.9 Å². The van der Waals surface area contributed by atoms with Gasteiger partial charge >= 0.3 is 5.97 Å².